The van der Waals surface area contributed by atoms with Crippen LogP contribution in [0.4, 0.5) is 0 Å². The highest BCUT2D eigenvalue weighted by Gasteiger charge is 2.09. The van der Waals surface area contributed by atoms with Gasteiger partial charge in [-0.1, -0.05) is 0 Å². The Morgan fingerprint density at radius 1 is 1.33 bits per heavy atom. The van der Waals surface area contributed by atoms with Gasteiger partial charge < -0.3 is 10.1 Å². The van der Waals surface area contributed by atoms with Crippen LogP contribution in [0.1, 0.15) is 12.8 Å². The van der Waals surface area contributed by atoms with E-state index in [1.54, 1.807) is 0 Å². The van der Waals surface area contributed by atoms with Gasteiger partial charge in [-0.2, -0.15) is 0 Å². The molecule has 0 bridgehead atoms. The quantitative estimate of drug-likeness (QED) is 0.530. The van der Waals surface area contributed by atoms with Crippen molar-refractivity contribution in [3.05, 3.63) is 0 Å². The van der Waals surface area contributed by atoms with Gasteiger partial charge in [0.05, 0.1) is 0 Å². The van der Waals surface area contributed by atoms with Crippen LogP contribution in [0.15, 0.2) is 0 Å². The van der Waals surface area contributed by atoms with E-state index in [-0.39, 0.29) is 0 Å². The van der Waals surface area contributed by atoms with Crippen LogP contribution in [0.5, 0.6) is 0 Å². The summed E-state index contributed by atoms with van der Waals surface area (Å²) in [6.45, 7) is 4.10. The first-order valence-electron chi connectivity index (χ1n) is 3.53. The molecule has 0 aliphatic carbocycles. The molecular weight excluding hydrogens is 116 g/mol. The zero-order valence-electron chi connectivity index (χ0n) is 5.64. The van der Waals surface area contributed by atoms with Crippen molar-refractivity contribution in [3.63, 3.8) is 0 Å². The maximum absolute atomic E-state index is 8.25. The summed E-state index contributed by atoms with van der Waals surface area (Å²) in [6, 6.07) is 0. The van der Waals surface area contributed by atoms with Gasteiger partial charge in [-0.3, -0.25) is 0 Å². The molecule has 1 aliphatic rings. The predicted molar refractivity (Wildman–Crippen MR) is 35.5 cm³/mol. The number of rotatable bonds is 3. The van der Waals surface area contributed by atoms with Crippen molar-refractivity contribution >= 4 is 0 Å². The van der Waals surface area contributed by atoms with Gasteiger partial charge in [-0.15, -0.1) is 0 Å². The van der Waals surface area contributed by atoms with E-state index < -0.39 is 0 Å². The molecule has 1 rings (SSSR count). The van der Waals surface area contributed by atoms with Crippen LogP contribution in [0.25, 0.3) is 0 Å². The molecule has 3 nitrogen and oxygen atoms in total. The van der Waals surface area contributed by atoms with Crippen molar-refractivity contribution in [2.45, 2.75) is 12.8 Å². The van der Waals surface area contributed by atoms with E-state index in [1.165, 1.54) is 25.9 Å². The topological polar surface area (TPSA) is 35.5 Å². The summed E-state index contributed by atoms with van der Waals surface area (Å²) in [6.07, 6.45) is 2.65. The fourth-order valence-corrected chi connectivity index (χ4v) is 1.21. The fourth-order valence-electron chi connectivity index (χ4n) is 1.21. The highest BCUT2D eigenvalue weighted by atomic mass is 16.5. The zero-order chi connectivity index (χ0) is 6.53. The van der Waals surface area contributed by atoms with Crippen molar-refractivity contribution in [1.82, 2.24) is 10.4 Å². The lowest BCUT2D eigenvalue weighted by Gasteiger charge is -2.12. The molecular formula is C6H14N2O. The molecule has 1 aliphatic heterocycles. The van der Waals surface area contributed by atoms with Gasteiger partial charge in [-0.05, 0) is 25.9 Å². The summed E-state index contributed by atoms with van der Waals surface area (Å²) in [7, 11) is 0. The zero-order valence-corrected chi connectivity index (χ0v) is 5.64. The first kappa shape index (κ1) is 6.99. The van der Waals surface area contributed by atoms with E-state index in [9.17, 15) is 0 Å². The van der Waals surface area contributed by atoms with Crippen LogP contribution >= 0.6 is 0 Å². The Morgan fingerprint density at radius 2 is 2.00 bits per heavy atom. The summed E-state index contributed by atoms with van der Waals surface area (Å²) in [5, 5.41) is 8.25. The Hall–Kier alpha value is -0.120. The lowest BCUT2D eigenvalue weighted by Crippen LogP contribution is -2.28. The second kappa shape index (κ2) is 3.82. The third-order valence-corrected chi connectivity index (χ3v) is 1.74. The molecule has 0 aromatic rings. The van der Waals surface area contributed by atoms with Crippen LogP contribution in [-0.2, 0) is 0 Å². The smallest absolute Gasteiger partial charge is 0.0335 e. The normalized spacial score (nSPS) is 21.0. The molecule has 9 heavy (non-hydrogen) atoms. The first-order chi connectivity index (χ1) is 4.43. The van der Waals surface area contributed by atoms with E-state index in [1.807, 2.05) is 0 Å². The highest BCUT2D eigenvalue weighted by molar-refractivity contribution is 4.65. The van der Waals surface area contributed by atoms with Crippen LogP contribution in [0.3, 0.4) is 0 Å². The average Bonchev–Trinajstić information content (AvgIpc) is 2.34. The molecule has 0 aromatic heterocycles. The summed E-state index contributed by atoms with van der Waals surface area (Å²) in [5.74, 6) is 0. The van der Waals surface area contributed by atoms with Crippen molar-refractivity contribution in [3.8, 4) is 0 Å². The summed E-state index contributed by atoms with van der Waals surface area (Å²) in [4.78, 5) is 2.35. The second-order valence-electron chi connectivity index (χ2n) is 2.46. The minimum Gasteiger partial charge on any atom is -0.317 e. The minimum absolute atomic E-state index is 0.694. The number of hydroxylamine groups is 1. The Morgan fingerprint density at radius 3 is 2.56 bits per heavy atom. The largest absolute Gasteiger partial charge is 0.317 e. The monoisotopic (exact) mass is 130 g/mol. The average molecular weight is 130 g/mol. The maximum atomic E-state index is 8.25. The summed E-state index contributed by atoms with van der Waals surface area (Å²) in [5.41, 5.74) is 2.15. The Kier molecular flexibility index (Phi) is 2.97. The van der Waals surface area contributed by atoms with Gasteiger partial charge in [0.15, 0.2) is 0 Å². The molecule has 54 valence electrons. The van der Waals surface area contributed by atoms with Gasteiger partial charge in [0.2, 0.25) is 0 Å². The highest BCUT2D eigenvalue weighted by Crippen LogP contribution is 2.05. The lowest BCUT2D eigenvalue weighted by molar-refractivity contribution is 0.152. The Labute approximate surface area is 55.6 Å². The maximum Gasteiger partial charge on any atom is 0.0335 e. The number of nitrogens with one attached hydrogen (secondary N) is 1. The standard InChI is InChI=1S/C6H14N2O/c9-7-3-6-8-4-1-2-5-8/h7,9H,1-6H2. The molecule has 1 fully saturated rings. The second-order valence-corrected chi connectivity index (χ2v) is 2.46. The Balaban J connectivity index is 1.98. The Bertz CT molecular complexity index is 71.5. The summed E-state index contributed by atoms with van der Waals surface area (Å²) < 4.78 is 0. The number of hydrogen-bond acceptors (Lipinski definition) is 3. The van der Waals surface area contributed by atoms with E-state index in [2.05, 4.69) is 10.4 Å². The summed E-state index contributed by atoms with van der Waals surface area (Å²) >= 11 is 0. The predicted octanol–water partition coefficient (Wildman–Crippen LogP) is 0.0610. The van der Waals surface area contributed by atoms with Crippen LogP contribution in [0, 0.1) is 0 Å². The van der Waals surface area contributed by atoms with Crippen molar-refractivity contribution in [2.75, 3.05) is 26.2 Å². The van der Waals surface area contributed by atoms with Crippen molar-refractivity contribution in [2.24, 2.45) is 0 Å². The molecule has 0 saturated carbocycles. The lowest BCUT2D eigenvalue weighted by atomic mass is 10.4. The van der Waals surface area contributed by atoms with Gasteiger partial charge in [-0.25, -0.2) is 5.48 Å². The van der Waals surface area contributed by atoms with Crippen LogP contribution < -0.4 is 5.48 Å². The van der Waals surface area contributed by atoms with Gasteiger partial charge in [0.1, 0.15) is 0 Å². The third-order valence-electron chi connectivity index (χ3n) is 1.74. The first-order valence-corrected chi connectivity index (χ1v) is 3.53. The van der Waals surface area contributed by atoms with Crippen molar-refractivity contribution < 1.29 is 5.21 Å². The molecule has 0 atom stereocenters. The molecule has 0 amide bonds. The molecule has 1 heterocycles. The molecule has 0 spiro atoms. The molecule has 0 unspecified atom stereocenters. The SMILES string of the molecule is ONCCN1CCCC1. The van der Waals surface area contributed by atoms with E-state index in [0.717, 1.165) is 6.54 Å². The number of nitrogens with zero attached hydrogens (tertiary/aromatic N) is 1. The molecule has 3 heteroatoms. The van der Waals surface area contributed by atoms with Crippen molar-refractivity contribution in [1.29, 1.82) is 0 Å². The van der Waals surface area contributed by atoms with Gasteiger partial charge in [0, 0.05) is 13.1 Å². The molecule has 2 N–H and O–H groups in total. The molecule has 0 radical (unpaired) electrons. The van der Waals surface area contributed by atoms with Crippen LogP contribution in [0.2, 0.25) is 0 Å². The van der Waals surface area contributed by atoms with E-state index in [4.69, 9.17) is 5.21 Å². The van der Waals surface area contributed by atoms with Gasteiger partial charge >= 0.3 is 0 Å². The van der Waals surface area contributed by atoms with E-state index >= 15 is 0 Å². The number of hydrogen-bond donors (Lipinski definition) is 2. The third kappa shape index (κ3) is 2.30. The molecule has 0 aromatic carbocycles. The fraction of sp³-hybridized carbons (Fsp3) is 1.00. The van der Waals surface area contributed by atoms with Crippen LogP contribution in [-0.4, -0.2) is 36.3 Å². The number of likely N-dealkylation sites (tertiary alicyclic amines) is 1. The van der Waals surface area contributed by atoms with Gasteiger partial charge in [0.25, 0.3) is 0 Å². The van der Waals surface area contributed by atoms with E-state index in [0.29, 0.717) is 6.54 Å². The molecule has 1 saturated heterocycles. The minimum atomic E-state index is 0.694.